The summed E-state index contributed by atoms with van der Waals surface area (Å²) in [6.45, 7) is 0.312. The van der Waals surface area contributed by atoms with Crippen molar-refractivity contribution in [3.05, 3.63) is 66.2 Å². The van der Waals surface area contributed by atoms with Crippen molar-refractivity contribution in [2.45, 2.75) is 11.7 Å². The summed E-state index contributed by atoms with van der Waals surface area (Å²) in [6, 6.07) is 14.3. The van der Waals surface area contributed by atoms with E-state index in [0.29, 0.717) is 17.3 Å². The van der Waals surface area contributed by atoms with E-state index < -0.39 is 5.82 Å². The molecule has 140 valence electrons. The zero-order chi connectivity index (χ0) is 19.2. The lowest BCUT2D eigenvalue weighted by molar-refractivity contribution is -0.127. The molecule has 0 N–H and O–H groups in total. The summed E-state index contributed by atoms with van der Waals surface area (Å²) < 4.78 is 20.3. The first-order chi connectivity index (χ1) is 13.1. The van der Waals surface area contributed by atoms with Crippen LogP contribution in [0.2, 0.25) is 0 Å². The van der Waals surface area contributed by atoms with E-state index >= 15 is 0 Å². The van der Waals surface area contributed by atoms with Crippen molar-refractivity contribution in [2.24, 2.45) is 0 Å². The lowest BCUT2D eigenvalue weighted by Crippen LogP contribution is -2.27. The molecule has 0 bridgehead atoms. The number of hydrogen-bond donors (Lipinski definition) is 0. The standard InChI is InChI=1S/C19H19FN4O2S/c1-23(11-14-8-9-17(26-2)16(20)10-14)18(25)12-27-19-21-13-24(22-19)15-6-4-3-5-7-15/h3-10,13H,11-12H2,1-2H3. The molecule has 0 fully saturated rings. The van der Waals surface area contributed by atoms with E-state index in [1.54, 1.807) is 35.1 Å². The maximum Gasteiger partial charge on any atom is 0.233 e. The Hall–Kier alpha value is -2.87. The quantitative estimate of drug-likeness (QED) is 0.584. The lowest BCUT2D eigenvalue weighted by Gasteiger charge is -2.17. The maximum absolute atomic E-state index is 13.8. The van der Waals surface area contributed by atoms with E-state index in [4.69, 9.17) is 4.74 Å². The predicted octanol–water partition coefficient (Wildman–Crippen LogP) is 3.17. The molecule has 0 aliphatic rings. The van der Waals surface area contributed by atoms with Gasteiger partial charge in [0, 0.05) is 13.6 Å². The topological polar surface area (TPSA) is 60.2 Å². The van der Waals surface area contributed by atoms with Gasteiger partial charge in [0.15, 0.2) is 11.6 Å². The number of nitrogens with zero attached hydrogens (tertiary/aromatic N) is 4. The minimum atomic E-state index is -0.444. The number of ether oxygens (including phenoxy) is 1. The molecule has 0 saturated heterocycles. The van der Waals surface area contributed by atoms with E-state index in [2.05, 4.69) is 10.1 Å². The molecule has 0 aliphatic carbocycles. The Kier molecular flexibility index (Phi) is 6.08. The summed E-state index contributed by atoms with van der Waals surface area (Å²) in [5.74, 6) is -0.148. The van der Waals surface area contributed by atoms with E-state index in [9.17, 15) is 9.18 Å². The monoisotopic (exact) mass is 386 g/mol. The molecular weight excluding hydrogens is 367 g/mol. The Morgan fingerprint density at radius 3 is 2.74 bits per heavy atom. The highest BCUT2D eigenvalue weighted by atomic mass is 32.2. The van der Waals surface area contributed by atoms with Gasteiger partial charge in [-0.05, 0) is 29.8 Å². The van der Waals surface area contributed by atoms with Gasteiger partial charge in [-0.1, -0.05) is 36.0 Å². The molecule has 1 amide bonds. The summed E-state index contributed by atoms with van der Waals surface area (Å²) in [5, 5.41) is 4.88. The van der Waals surface area contributed by atoms with Gasteiger partial charge in [0.1, 0.15) is 6.33 Å². The molecule has 8 heteroatoms. The minimum absolute atomic E-state index is 0.0905. The Labute approximate surface area is 161 Å². The van der Waals surface area contributed by atoms with Crippen molar-refractivity contribution in [2.75, 3.05) is 19.9 Å². The first-order valence-corrected chi connectivity index (χ1v) is 9.21. The molecule has 1 heterocycles. The van der Waals surface area contributed by atoms with E-state index in [-0.39, 0.29) is 17.4 Å². The highest BCUT2D eigenvalue weighted by molar-refractivity contribution is 7.99. The van der Waals surface area contributed by atoms with Crippen LogP contribution >= 0.6 is 11.8 Å². The van der Waals surface area contributed by atoms with Crippen LogP contribution in [0, 0.1) is 5.82 Å². The molecular formula is C19H19FN4O2S. The number of halogens is 1. The van der Waals surface area contributed by atoms with Crippen LogP contribution in [-0.4, -0.2) is 45.5 Å². The molecule has 3 rings (SSSR count). The average molecular weight is 386 g/mol. The van der Waals surface area contributed by atoms with Gasteiger partial charge in [0.2, 0.25) is 11.1 Å². The largest absolute Gasteiger partial charge is 0.494 e. The molecule has 0 spiro atoms. The van der Waals surface area contributed by atoms with Crippen molar-refractivity contribution in [1.82, 2.24) is 19.7 Å². The highest BCUT2D eigenvalue weighted by Crippen LogP contribution is 2.19. The lowest BCUT2D eigenvalue weighted by atomic mass is 10.2. The molecule has 1 aromatic heterocycles. The van der Waals surface area contributed by atoms with Gasteiger partial charge in [-0.3, -0.25) is 4.79 Å². The Bertz CT molecular complexity index is 917. The number of hydrogen-bond acceptors (Lipinski definition) is 5. The SMILES string of the molecule is COc1ccc(CN(C)C(=O)CSc2ncn(-c3ccccc3)n2)cc1F. The number of amides is 1. The third-order valence-electron chi connectivity index (χ3n) is 3.88. The minimum Gasteiger partial charge on any atom is -0.494 e. The molecule has 0 aliphatic heterocycles. The maximum atomic E-state index is 13.8. The van der Waals surface area contributed by atoms with Crippen LogP contribution in [0.25, 0.3) is 5.69 Å². The number of aromatic nitrogens is 3. The second kappa shape index (κ2) is 8.68. The molecule has 0 atom stereocenters. The summed E-state index contributed by atoms with van der Waals surface area (Å²) >= 11 is 1.26. The molecule has 6 nitrogen and oxygen atoms in total. The van der Waals surface area contributed by atoms with Crippen molar-refractivity contribution >= 4 is 17.7 Å². The van der Waals surface area contributed by atoms with Crippen LogP contribution in [0.1, 0.15) is 5.56 Å². The first kappa shape index (κ1) is 18.9. The molecule has 2 aromatic carbocycles. The molecule has 0 radical (unpaired) electrons. The third kappa shape index (κ3) is 4.85. The molecule has 27 heavy (non-hydrogen) atoms. The van der Waals surface area contributed by atoms with Gasteiger partial charge in [-0.25, -0.2) is 14.1 Å². The molecule has 0 saturated carbocycles. The first-order valence-electron chi connectivity index (χ1n) is 8.23. The number of thioether (sulfide) groups is 1. The van der Waals surface area contributed by atoms with Crippen LogP contribution in [-0.2, 0) is 11.3 Å². The van der Waals surface area contributed by atoms with Gasteiger partial charge in [-0.15, -0.1) is 5.10 Å². The van der Waals surface area contributed by atoms with Crippen LogP contribution in [0.15, 0.2) is 60.0 Å². The molecule has 0 unspecified atom stereocenters. The highest BCUT2D eigenvalue weighted by Gasteiger charge is 2.13. The normalized spacial score (nSPS) is 10.6. The summed E-state index contributed by atoms with van der Waals surface area (Å²) in [5.41, 5.74) is 1.60. The average Bonchev–Trinajstić information content (AvgIpc) is 3.16. The van der Waals surface area contributed by atoms with Gasteiger partial charge in [0.05, 0.1) is 18.6 Å². The fourth-order valence-electron chi connectivity index (χ4n) is 2.43. The second-order valence-electron chi connectivity index (χ2n) is 5.81. The Balaban J connectivity index is 1.54. The zero-order valence-corrected chi connectivity index (χ0v) is 15.8. The van der Waals surface area contributed by atoms with Gasteiger partial charge >= 0.3 is 0 Å². The Morgan fingerprint density at radius 1 is 1.26 bits per heavy atom. The summed E-state index contributed by atoms with van der Waals surface area (Å²) in [6.07, 6.45) is 1.62. The van der Waals surface area contributed by atoms with Crippen molar-refractivity contribution in [3.63, 3.8) is 0 Å². The van der Waals surface area contributed by atoms with Gasteiger partial charge in [0.25, 0.3) is 0 Å². The fraction of sp³-hybridized carbons (Fsp3) is 0.211. The van der Waals surface area contributed by atoms with Crippen LogP contribution in [0.3, 0.4) is 0 Å². The van der Waals surface area contributed by atoms with Gasteiger partial charge in [-0.2, -0.15) is 0 Å². The predicted molar refractivity (Wildman–Crippen MR) is 102 cm³/mol. The second-order valence-corrected chi connectivity index (χ2v) is 6.76. The van der Waals surface area contributed by atoms with Crippen LogP contribution in [0.4, 0.5) is 4.39 Å². The number of carbonyl (C=O) groups is 1. The summed E-state index contributed by atoms with van der Waals surface area (Å²) in [4.78, 5) is 18.1. The van der Waals surface area contributed by atoms with E-state index in [1.807, 2.05) is 30.3 Å². The number of para-hydroxylation sites is 1. The number of rotatable bonds is 7. The van der Waals surface area contributed by atoms with E-state index in [0.717, 1.165) is 5.69 Å². The third-order valence-corrected chi connectivity index (χ3v) is 4.71. The van der Waals surface area contributed by atoms with Crippen LogP contribution < -0.4 is 4.74 Å². The van der Waals surface area contributed by atoms with Crippen molar-refractivity contribution in [3.8, 4) is 11.4 Å². The smallest absolute Gasteiger partial charge is 0.233 e. The molecule has 3 aromatic rings. The number of carbonyl (C=O) groups excluding carboxylic acids is 1. The van der Waals surface area contributed by atoms with Crippen molar-refractivity contribution < 1.29 is 13.9 Å². The zero-order valence-electron chi connectivity index (χ0n) is 15.0. The number of methoxy groups -OCH3 is 1. The van der Waals surface area contributed by atoms with Crippen molar-refractivity contribution in [1.29, 1.82) is 0 Å². The summed E-state index contributed by atoms with van der Waals surface area (Å²) in [7, 11) is 3.10. The van der Waals surface area contributed by atoms with Crippen LogP contribution in [0.5, 0.6) is 5.75 Å². The van der Waals surface area contributed by atoms with Gasteiger partial charge < -0.3 is 9.64 Å². The fourth-order valence-corrected chi connectivity index (χ4v) is 3.17. The Morgan fingerprint density at radius 2 is 2.04 bits per heavy atom. The number of benzene rings is 2. The van der Waals surface area contributed by atoms with E-state index in [1.165, 1.54) is 24.9 Å².